The molecule has 1 aliphatic heterocycles. The topological polar surface area (TPSA) is 32.8 Å². The summed E-state index contributed by atoms with van der Waals surface area (Å²) < 4.78 is 5.12. The van der Waals surface area contributed by atoms with E-state index < -0.39 is 0 Å². The summed E-state index contributed by atoms with van der Waals surface area (Å²) in [5.41, 5.74) is 0. The van der Waals surface area contributed by atoms with Crippen molar-refractivity contribution in [3.63, 3.8) is 0 Å². The molecule has 1 amide bonds. The van der Waals surface area contributed by atoms with Crippen LogP contribution in [-0.2, 0) is 4.74 Å². The van der Waals surface area contributed by atoms with Crippen LogP contribution in [0.2, 0.25) is 0 Å². The average molecular weight is 214 g/mol. The summed E-state index contributed by atoms with van der Waals surface area (Å²) in [5.74, 6) is 0.597. The van der Waals surface area contributed by atoms with Crippen LogP contribution in [0.3, 0.4) is 0 Å². The summed E-state index contributed by atoms with van der Waals surface area (Å²) in [6, 6.07) is 0. The fraction of sp³-hybridized carbons (Fsp3) is 0.909. The maximum absolute atomic E-state index is 11.5. The van der Waals surface area contributed by atoms with Crippen molar-refractivity contribution in [3.05, 3.63) is 0 Å². The van der Waals surface area contributed by atoms with E-state index in [0.717, 1.165) is 19.6 Å². The number of hydrogen-bond donors (Lipinski definition) is 0. The standard InChI is InChI=1S/C11H22N2O2/c1-9(2)15-11(14)13(4)8-10-5-6-12(3)7-10/h9-10H,5-8H2,1-4H3. The van der Waals surface area contributed by atoms with Crippen LogP contribution < -0.4 is 0 Å². The lowest BCUT2D eigenvalue weighted by Crippen LogP contribution is -2.34. The van der Waals surface area contributed by atoms with Gasteiger partial charge in [-0.3, -0.25) is 0 Å². The Balaban J connectivity index is 2.28. The lowest BCUT2D eigenvalue weighted by molar-refractivity contribution is 0.0801. The van der Waals surface area contributed by atoms with E-state index in [4.69, 9.17) is 4.74 Å². The molecule has 0 N–H and O–H groups in total. The molecule has 1 rings (SSSR count). The maximum Gasteiger partial charge on any atom is 0.409 e. The number of hydrogen-bond acceptors (Lipinski definition) is 3. The van der Waals surface area contributed by atoms with Gasteiger partial charge in [0.25, 0.3) is 0 Å². The van der Waals surface area contributed by atoms with Gasteiger partial charge in [0.05, 0.1) is 6.10 Å². The lowest BCUT2D eigenvalue weighted by Gasteiger charge is -2.21. The van der Waals surface area contributed by atoms with Gasteiger partial charge in [0.2, 0.25) is 0 Å². The van der Waals surface area contributed by atoms with Crippen LogP contribution in [0.15, 0.2) is 0 Å². The van der Waals surface area contributed by atoms with Crippen molar-refractivity contribution < 1.29 is 9.53 Å². The first-order valence-corrected chi connectivity index (χ1v) is 5.59. The monoisotopic (exact) mass is 214 g/mol. The summed E-state index contributed by atoms with van der Waals surface area (Å²) in [5, 5.41) is 0. The van der Waals surface area contributed by atoms with Crippen molar-refractivity contribution in [2.45, 2.75) is 26.4 Å². The molecular formula is C11H22N2O2. The third-order valence-corrected chi connectivity index (χ3v) is 2.67. The van der Waals surface area contributed by atoms with Gasteiger partial charge in [0.1, 0.15) is 0 Å². The molecular weight excluding hydrogens is 192 g/mol. The van der Waals surface area contributed by atoms with E-state index in [9.17, 15) is 4.79 Å². The van der Waals surface area contributed by atoms with E-state index in [0.29, 0.717) is 5.92 Å². The van der Waals surface area contributed by atoms with E-state index in [1.165, 1.54) is 6.42 Å². The zero-order valence-corrected chi connectivity index (χ0v) is 10.2. The molecule has 1 saturated heterocycles. The zero-order chi connectivity index (χ0) is 11.4. The van der Waals surface area contributed by atoms with Crippen molar-refractivity contribution in [2.75, 3.05) is 33.7 Å². The third kappa shape index (κ3) is 4.08. The Morgan fingerprint density at radius 1 is 1.60 bits per heavy atom. The molecule has 4 nitrogen and oxygen atoms in total. The van der Waals surface area contributed by atoms with E-state index in [2.05, 4.69) is 11.9 Å². The molecule has 1 aliphatic rings. The fourth-order valence-corrected chi connectivity index (χ4v) is 1.93. The van der Waals surface area contributed by atoms with Gasteiger partial charge in [-0.25, -0.2) is 4.79 Å². The summed E-state index contributed by atoms with van der Waals surface area (Å²) >= 11 is 0. The predicted octanol–water partition coefficient (Wildman–Crippen LogP) is 1.41. The summed E-state index contributed by atoms with van der Waals surface area (Å²) in [6.45, 7) is 6.76. The van der Waals surface area contributed by atoms with Gasteiger partial charge in [-0.1, -0.05) is 0 Å². The second-order valence-electron chi connectivity index (χ2n) is 4.73. The fourth-order valence-electron chi connectivity index (χ4n) is 1.93. The Bertz CT molecular complexity index is 219. The van der Waals surface area contributed by atoms with Gasteiger partial charge < -0.3 is 14.5 Å². The molecule has 0 aliphatic carbocycles. The van der Waals surface area contributed by atoms with E-state index in [-0.39, 0.29) is 12.2 Å². The minimum atomic E-state index is -0.209. The van der Waals surface area contributed by atoms with Crippen molar-refractivity contribution in [3.8, 4) is 0 Å². The quantitative estimate of drug-likeness (QED) is 0.712. The summed E-state index contributed by atoms with van der Waals surface area (Å²) in [4.78, 5) is 15.5. The molecule has 0 radical (unpaired) electrons. The highest BCUT2D eigenvalue weighted by molar-refractivity contribution is 5.67. The molecule has 1 unspecified atom stereocenters. The minimum Gasteiger partial charge on any atom is -0.447 e. The largest absolute Gasteiger partial charge is 0.447 e. The van der Waals surface area contributed by atoms with Crippen LogP contribution in [0.4, 0.5) is 4.79 Å². The van der Waals surface area contributed by atoms with E-state index in [1.807, 2.05) is 20.9 Å². The number of likely N-dealkylation sites (tertiary alicyclic amines) is 1. The molecule has 88 valence electrons. The van der Waals surface area contributed by atoms with Gasteiger partial charge in [-0.2, -0.15) is 0 Å². The van der Waals surface area contributed by atoms with Crippen molar-refractivity contribution in [2.24, 2.45) is 5.92 Å². The molecule has 0 bridgehead atoms. The van der Waals surface area contributed by atoms with Gasteiger partial charge in [0, 0.05) is 20.1 Å². The molecule has 0 aromatic heterocycles. The number of carbonyl (C=O) groups excluding carboxylic acids is 1. The Labute approximate surface area is 92.2 Å². The Morgan fingerprint density at radius 3 is 2.73 bits per heavy atom. The Hall–Kier alpha value is -0.770. The van der Waals surface area contributed by atoms with E-state index in [1.54, 1.807) is 4.90 Å². The van der Waals surface area contributed by atoms with Crippen LogP contribution in [0.25, 0.3) is 0 Å². The number of amides is 1. The first-order chi connectivity index (χ1) is 6.99. The number of carbonyl (C=O) groups is 1. The highest BCUT2D eigenvalue weighted by Crippen LogP contribution is 2.15. The van der Waals surface area contributed by atoms with Crippen LogP contribution in [0.1, 0.15) is 20.3 Å². The molecule has 1 fully saturated rings. The molecule has 0 aromatic carbocycles. The second kappa shape index (κ2) is 5.35. The van der Waals surface area contributed by atoms with Gasteiger partial charge >= 0.3 is 6.09 Å². The maximum atomic E-state index is 11.5. The van der Waals surface area contributed by atoms with Crippen LogP contribution in [0, 0.1) is 5.92 Å². The minimum absolute atomic E-state index is 0.0359. The van der Waals surface area contributed by atoms with Gasteiger partial charge in [0.15, 0.2) is 0 Å². The molecule has 0 saturated carbocycles. The smallest absolute Gasteiger partial charge is 0.409 e. The van der Waals surface area contributed by atoms with Gasteiger partial charge in [-0.15, -0.1) is 0 Å². The van der Waals surface area contributed by atoms with Crippen LogP contribution in [-0.4, -0.2) is 55.7 Å². The van der Waals surface area contributed by atoms with Crippen LogP contribution >= 0.6 is 0 Å². The normalized spacial score (nSPS) is 22.1. The van der Waals surface area contributed by atoms with Crippen LogP contribution in [0.5, 0.6) is 0 Å². The van der Waals surface area contributed by atoms with E-state index >= 15 is 0 Å². The molecule has 0 aromatic rings. The highest BCUT2D eigenvalue weighted by atomic mass is 16.6. The lowest BCUT2D eigenvalue weighted by atomic mass is 10.1. The Kier molecular flexibility index (Phi) is 4.39. The average Bonchev–Trinajstić information content (AvgIpc) is 2.50. The number of nitrogens with zero attached hydrogens (tertiary/aromatic N) is 2. The van der Waals surface area contributed by atoms with Crippen molar-refractivity contribution in [1.82, 2.24) is 9.80 Å². The molecule has 1 atom stereocenters. The summed E-state index contributed by atoms with van der Waals surface area (Å²) in [7, 11) is 3.93. The SMILES string of the molecule is CC(C)OC(=O)N(C)CC1CCN(C)C1. The third-order valence-electron chi connectivity index (χ3n) is 2.67. The number of ether oxygens (including phenoxy) is 1. The first-order valence-electron chi connectivity index (χ1n) is 5.59. The molecule has 1 heterocycles. The first kappa shape index (κ1) is 12.3. The van der Waals surface area contributed by atoms with Crippen molar-refractivity contribution in [1.29, 1.82) is 0 Å². The number of rotatable bonds is 3. The molecule has 0 spiro atoms. The summed E-state index contributed by atoms with van der Waals surface area (Å²) in [6.07, 6.45) is 0.932. The second-order valence-corrected chi connectivity index (χ2v) is 4.73. The van der Waals surface area contributed by atoms with Gasteiger partial charge in [-0.05, 0) is 39.8 Å². The van der Waals surface area contributed by atoms with Crippen molar-refractivity contribution >= 4 is 6.09 Å². The Morgan fingerprint density at radius 2 is 2.27 bits per heavy atom. The highest BCUT2D eigenvalue weighted by Gasteiger charge is 2.23. The predicted molar refractivity (Wildman–Crippen MR) is 59.9 cm³/mol. The molecule has 15 heavy (non-hydrogen) atoms. The zero-order valence-electron chi connectivity index (χ0n) is 10.2. The molecule has 4 heteroatoms.